The average Bonchev–Trinajstić information content (AvgIpc) is 2.97. The lowest BCUT2D eigenvalue weighted by Crippen LogP contribution is -2.46. The highest BCUT2D eigenvalue weighted by Gasteiger charge is 2.17. The van der Waals surface area contributed by atoms with Gasteiger partial charge in [-0.05, 0) is 56.1 Å². The Balaban J connectivity index is 1.30. The average molecular weight is 368 g/mol. The Morgan fingerprint density at radius 2 is 1.77 bits per heavy atom. The molecule has 4 rings (SSSR count). The molecule has 0 unspecified atom stereocenters. The third-order valence-corrected chi connectivity index (χ3v) is 5.71. The molecule has 0 atom stereocenters. The number of hydrogen-bond donors (Lipinski definition) is 1. The standard InChI is InChI=1S/C22H26ClN3/c1-17-20(21-10-9-18(23)16-22(21)24-17)8-5-11-25-12-14-26(15-13-25)19-6-3-2-4-7-19/h2-4,6-7,9-10,16,24H,5,8,11-15H2,1H3. The van der Waals surface area contributed by atoms with Crippen LogP contribution >= 0.6 is 11.6 Å². The van der Waals surface area contributed by atoms with Crippen molar-refractivity contribution in [3.63, 3.8) is 0 Å². The monoisotopic (exact) mass is 367 g/mol. The number of rotatable bonds is 5. The molecular formula is C22H26ClN3. The number of piperazine rings is 1. The molecule has 1 fully saturated rings. The van der Waals surface area contributed by atoms with Crippen molar-refractivity contribution < 1.29 is 0 Å². The maximum atomic E-state index is 6.11. The van der Waals surface area contributed by atoms with Crippen LogP contribution in [0.15, 0.2) is 48.5 Å². The fourth-order valence-corrected chi connectivity index (χ4v) is 4.20. The second kappa shape index (κ2) is 7.73. The zero-order valence-corrected chi connectivity index (χ0v) is 16.1. The molecule has 1 aliphatic heterocycles. The van der Waals surface area contributed by atoms with Crippen molar-refractivity contribution in [2.24, 2.45) is 0 Å². The minimum Gasteiger partial charge on any atom is -0.369 e. The van der Waals surface area contributed by atoms with Gasteiger partial charge in [0.05, 0.1) is 0 Å². The van der Waals surface area contributed by atoms with E-state index >= 15 is 0 Å². The van der Waals surface area contributed by atoms with Gasteiger partial charge in [-0.15, -0.1) is 0 Å². The van der Waals surface area contributed by atoms with Gasteiger partial charge in [-0.2, -0.15) is 0 Å². The van der Waals surface area contributed by atoms with Crippen molar-refractivity contribution in [3.05, 3.63) is 64.8 Å². The number of aryl methyl sites for hydroxylation is 2. The number of hydrogen-bond acceptors (Lipinski definition) is 2. The minimum absolute atomic E-state index is 0.793. The molecule has 1 saturated heterocycles. The summed E-state index contributed by atoms with van der Waals surface area (Å²) in [5, 5.41) is 2.11. The quantitative estimate of drug-likeness (QED) is 0.694. The number of aromatic nitrogens is 1. The molecule has 1 N–H and O–H groups in total. The SMILES string of the molecule is Cc1[nH]c2cc(Cl)ccc2c1CCCN1CCN(c2ccccc2)CC1. The van der Waals surface area contributed by atoms with Crippen molar-refractivity contribution in [2.75, 3.05) is 37.6 Å². The molecule has 0 bridgehead atoms. The summed E-state index contributed by atoms with van der Waals surface area (Å²) >= 11 is 6.11. The number of benzene rings is 2. The number of fused-ring (bicyclic) bond motifs is 1. The third-order valence-electron chi connectivity index (χ3n) is 5.48. The van der Waals surface area contributed by atoms with Crippen LogP contribution in [0.1, 0.15) is 17.7 Å². The lowest BCUT2D eigenvalue weighted by molar-refractivity contribution is 0.255. The number of halogens is 1. The van der Waals surface area contributed by atoms with E-state index in [9.17, 15) is 0 Å². The molecule has 0 saturated carbocycles. The summed E-state index contributed by atoms with van der Waals surface area (Å²) in [6, 6.07) is 16.9. The second-order valence-corrected chi connectivity index (χ2v) is 7.62. The molecule has 0 radical (unpaired) electrons. The lowest BCUT2D eigenvalue weighted by Gasteiger charge is -2.36. The summed E-state index contributed by atoms with van der Waals surface area (Å²) in [6.45, 7) is 7.88. The van der Waals surface area contributed by atoms with Crippen molar-refractivity contribution in [2.45, 2.75) is 19.8 Å². The highest BCUT2D eigenvalue weighted by atomic mass is 35.5. The summed E-state index contributed by atoms with van der Waals surface area (Å²) in [4.78, 5) is 8.56. The molecule has 26 heavy (non-hydrogen) atoms. The van der Waals surface area contributed by atoms with Gasteiger partial charge in [-0.25, -0.2) is 0 Å². The van der Waals surface area contributed by atoms with Crippen LogP contribution in [0.2, 0.25) is 5.02 Å². The predicted octanol–water partition coefficient (Wildman–Crippen LogP) is 4.88. The Bertz CT molecular complexity index is 864. The van der Waals surface area contributed by atoms with Crippen LogP contribution in [0.5, 0.6) is 0 Å². The van der Waals surface area contributed by atoms with Crippen LogP contribution in [0.4, 0.5) is 5.69 Å². The van der Waals surface area contributed by atoms with Gasteiger partial charge < -0.3 is 9.88 Å². The van der Waals surface area contributed by atoms with E-state index in [1.165, 1.54) is 35.3 Å². The van der Waals surface area contributed by atoms with E-state index in [0.717, 1.165) is 43.1 Å². The number of nitrogens with zero attached hydrogens (tertiary/aromatic N) is 2. The first-order valence-electron chi connectivity index (χ1n) is 9.50. The number of nitrogens with one attached hydrogen (secondary N) is 1. The molecule has 1 aliphatic rings. The van der Waals surface area contributed by atoms with Gasteiger partial charge in [0, 0.05) is 53.5 Å². The number of para-hydroxylation sites is 1. The summed E-state index contributed by atoms with van der Waals surface area (Å²) in [7, 11) is 0. The first-order valence-corrected chi connectivity index (χ1v) is 9.87. The van der Waals surface area contributed by atoms with Crippen LogP contribution in [0.25, 0.3) is 10.9 Å². The predicted molar refractivity (Wildman–Crippen MR) is 111 cm³/mol. The number of H-pyrrole nitrogens is 1. The van der Waals surface area contributed by atoms with Gasteiger partial charge in [-0.1, -0.05) is 35.9 Å². The third kappa shape index (κ3) is 3.74. The largest absolute Gasteiger partial charge is 0.369 e. The van der Waals surface area contributed by atoms with Gasteiger partial charge >= 0.3 is 0 Å². The maximum absolute atomic E-state index is 6.11. The topological polar surface area (TPSA) is 22.3 Å². The fourth-order valence-electron chi connectivity index (χ4n) is 4.03. The van der Waals surface area contributed by atoms with Gasteiger partial charge in [-0.3, -0.25) is 4.90 Å². The van der Waals surface area contributed by atoms with Crippen molar-refractivity contribution in [1.29, 1.82) is 0 Å². The number of aromatic amines is 1. The molecule has 0 amide bonds. The van der Waals surface area contributed by atoms with E-state index in [1.807, 2.05) is 12.1 Å². The molecule has 2 aromatic carbocycles. The van der Waals surface area contributed by atoms with E-state index in [0.29, 0.717) is 0 Å². The van der Waals surface area contributed by atoms with Crippen LogP contribution in [0, 0.1) is 6.92 Å². The number of anilines is 1. The summed E-state index contributed by atoms with van der Waals surface area (Å²) < 4.78 is 0. The Kier molecular flexibility index (Phi) is 5.18. The molecule has 1 aromatic heterocycles. The van der Waals surface area contributed by atoms with E-state index < -0.39 is 0 Å². The zero-order valence-electron chi connectivity index (χ0n) is 15.3. The van der Waals surface area contributed by atoms with E-state index in [2.05, 4.69) is 58.1 Å². The Hall–Kier alpha value is -1.97. The first kappa shape index (κ1) is 17.4. The van der Waals surface area contributed by atoms with Gasteiger partial charge in [0.15, 0.2) is 0 Å². The van der Waals surface area contributed by atoms with E-state index in [1.54, 1.807) is 0 Å². The van der Waals surface area contributed by atoms with Gasteiger partial charge in [0.1, 0.15) is 0 Å². The van der Waals surface area contributed by atoms with Crippen LogP contribution in [-0.4, -0.2) is 42.6 Å². The summed E-state index contributed by atoms with van der Waals surface area (Å²) in [5.74, 6) is 0. The minimum atomic E-state index is 0.793. The van der Waals surface area contributed by atoms with Gasteiger partial charge in [0.25, 0.3) is 0 Å². The molecule has 3 nitrogen and oxygen atoms in total. The molecule has 4 heteroatoms. The van der Waals surface area contributed by atoms with Crippen LogP contribution in [0.3, 0.4) is 0 Å². The Morgan fingerprint density at radius 3 is 2.54 bits per heavy atom. The lowest BCUT2D eigenvalue weighted by atomic mass is 10.1. The van der Waals surface area contributed by atoms with Crippen molar-refractivity contribution in [1.82, 2.24) is 9.88 Å². The molecule has 0 spiro atoms. The second-order valence-electron chi connectivity index (χ2n) is 7.19. The molecule has 2 heterocycles. The highest BCUT2D eigenvalue weighted by Crippen LogP contribution is 2.26. The van der Waals surface area contributed by atoms with Crippen LogP contribution in [-0.2, 0) is 6.42 Å². The van der Waals surface area contributed by atoms with E-state index in [4.69, 9.17) is 11.6 Å². The molecule has 0 aliphatic carbocycles. The van der Waals surface area contributed by atoms with Gasteiger partial charge in [0.2, 0.25) is 0 Å². The Morgan fingerprint density at radius 1 is 1.00 bits per heavy atom. The summed E-state index contributed by atoms with van der Waals surface area (Å²) in [5.41, 5.74) is 5.22. The van der Waals surface area contributed by atoms with Crippen molar-refractivity contribution >= 4 is 28.2 Å². The Labute approximate surface area is 160 Å². The molecular weight excluding hydrogens is 342 g/mol. The van der Waals surface area contributed by atoms with Crippen molar-refractivity contribution in [3.8, 4) is 0 Å². The van der Waals surface area contributed by atoms with E-state index in [-0.39, 0.29) is 0 Å². The molecule has 136 valence electrons. The normalized spacial score (nSPS) is 15.7. The van der Waals surface area contributed by atoms with Crippen LogP contribution < -0.4 is 4.90 Å². The smallest absolute Gasteiger partial charge is 0.0473 e. The fraction of sp³-hybridized carbons (Fsp3) is 0.364. The molecule has 3 aromatic rings. The zero-order chi connectivity index (χ0) is 17.9. The maximum Gasteiger partial charge on any atom is 0.0473 e. The first-order chi connectivity index (χ1) is 12.7. The highest BCUT2D eigenvalue weighted by molar-refractivity contribution is 6.31. The summed E-state index contributed by atoms with van der Waals surface area (Å²) in [6.07, 6.45) is 2.31.